The summed E-state index contributed by atoms with van der Waals surface area (Å²) in [6.07, 6.45) is 5.32. The molecule has 1 aromatic carbocycles. The van der Waals surface area contributed by atoms with Crippen molar-refractivity contribution in [3.8, 4) is 11.1 Å². The zero-order valence-corrected chi connectivity index (χ0v) is 13.8. The third kappa shape index (κ3) is 3.42. The molecule has 6 heteroatoms. The molecule has 1 aliphatic heterocycles. The lowest BCUT2D eigenvalue weighted by molar-refractivity contribution is -0.128. The Morgan fingerprint density at radius 1 is 1.21 bits per heavy atom. The number of nitrogens with one attached hydrogen (secondary N) is 1. The molecule has 0 aliphatic carbocycles. The van der Waals surface area contributed by atoms with Crippen LogP contribution in [0.5, 0.6) is 0 Å². The standard InChI is InChI=1S/C18H20N4O2/c1-12(21-18(24)15-7-17(23)22(2)10-15)13-3-5-14(6-4-13)16-8-19-11-20-9-16/h3-6,8-9,11-12,15H,7,10H2,1-2H3,(H,21,24). The van der Waals surface area contributed by atoms with E-state index in [0.717, 1.165) is 16.7 Å². The van der Waals surface area contributed by atoms with Crippen LogP contribution in [0.25, 0.3) is 11.1 Å². The molecular formula is C18H20N4O2. The van der Waals surface area contributed by atoms with E-state index in [1.807, 2.05) is 31.2 Å². The van der Waals surface area contributed by atoms with Crippen LogP contribution in [0.4, 0.5) is 0 Å². The number of rotatable bonds is 4. The average Bonchev–Trinajstić information content (AvgIpc) is 2.95. The third-order valence-corrected chi connectivity index (χ3v) is 4.38. The predicted octanol–water partition coefficient (Wildman–Crippen LogP) is 1.80. The number of likely N-dealkylation sites (tertiary alicyclic amines) is 1. The smallest absolute Gasteiger partial charge is 0.225 e. The highest BCUT2D eigenvalue weighted by molar-refractivity contribution is 5.89. The summed E-state index contributed by atoms with van der Waals surface area (Å²) in [7, 11) is 1.73. The summed E-state index contributed by atoms with van der Waals surface area (Å²) in [4.78, 5) is 33.5. The molecule has 0 radical (unpaired) electrons. The number of carbonyl (C=O) groups excluding carboxylic acids is 2. The second kappa shape index (κ2) is 6.78. The topological polar surface area (TPSA) is 75.2 Å². The van der Waals surface area contributed by atoms with Crippen LogP contribution in [0, 0.1) is 5.92 Å². The van der Waals surface area contributed by atoms with Gasteiger partial charge in [-0.15, -0.1) is 0 Å². The summed E-state index contributed by atoms with van der Waals surface area (Å²) in [6, 6.07) is 7.84. The molecule has 24 heavy (non-hydrogen) atoms. The van der Waals surface area contributed by atoms with E-state index in [0.29, 0.717) is 13.0 Å². The van der Waals surface area contributed by atoms with Crippen LogP contribution in [0.15, 0.2) is 43.0 Å². The molecule has 1 fully saturated rings. The van der Waals surface area contributed by atoms with Gasteiger partial charge in [-0.05, 0) is 18.1 Å². The minimum atomic E-state index is -0.259. The fourth-order valence-corrected chi connectivity index (χ4v) is 2.87. The zero-order chi connectivity index (χ0) is 17.1. The van der Waals surface area contributed by atoms with Crippen molar-refractivity contribution in [3.63, 3.8) is 0 Å². The van der Waals surface area contributed by atoms with Gasteiger partial charge in [0.05, 0.1) is 12.0 Å². The van der Waals surface area contributed by atoms with Crippen molar-refractivity contribution < 1.29 is 9.59 Å². The van der Waals surface area contributed by atoms with Crippen molar-refractivity contribution in [3.05, 3.63) is 48.5 Å². The van der Waals surface area contributed by atoms with E-state index < -0.39 is 0 Å². The van der Waals surface area contributed by atoms with Crippen LogP contribution in [-0.4, -0.2) is 40.3 Å². The Bertz CT molecular complexity index is 730. The summed E-state index contributed by atoms with van der Waals surface area (Å²) in [6.45, 7) is 2.43. The first-order valence-electron chi connectivity index (χ1n) is 7.94. The maximum atomic E-state index is 12.3. The van der Waals surface area contributed by atoms with Crippen LogP contribution in [0.1, 0.15) is 24.9 Å². The van der Waals surface area contributed by atoms with Crippen LogP contribution in [-0.2, 0) is 9.59 Å². The minimum Gasteiger partial charge on any atom is -0.349 e. The average molecular weight is 324 g/mol. The molecule has 2 heterocycles. The first-order valence-corrected chi connectivity index (χ1v) is 7.94. The quantitative estimate of drug-likeness (QED) is 0.930. The van der Waals surface area contributed by atoms with E-state index in [9.17, 15) is 9.59 Å². The van der Waals surface area contributed by atoms with E-state index >= 15 is 0 Å². The summed E-state index contributed by atoms with van der Waals surface area (Å²) < 4.78 is 0. The minimum absolute atomic E-state index is 0.0252. The Morgan fingerprint density at radius 3 is 2.46 bits per heavy atom. The van der Waals surface area contributed by atoms with Crippen molar-refractivity contribution >= 4 is 11.8 Å². The lowest BCUT2D eigenvalue weighted by Gasteiger charge is -2.17. The molecule has 1 aliphatic rings. The van der Waals surface area contributed by atoms with Gasteiger partial charge in [0.1, 0.15) is 6.33 Å². The summed E-state index contributed by atoms with van der Waals surface area (Å²) >= 11 is 0. The molecule has 2 amide bonds. The Kier molecular flexibility index (Phi) is 4.55. The monoisotopic (exact) mass is 324 g/mol. The van der Waals surface area contributed by atoms with E-state index in [1.165, 1.54) is 6.33 Å². The van der Waals surface area contributed by atoms with Gasteiger partial charge in [-0.1, -0.05) is 24.3 Å². The van der Waals surface area contributed by atoms with Gasteiger partial charge in [0.25, 0.3) is 0 Å². The number of carbonyl (C=O) groups is 2. The molecule has 1 aromatic heterocycles. The van der Waals surface area contributed by atoms with Gasteiger partial charge < -0.3 is 10.2 Å². The van der Waals surface area contributed by atoms with Gasteiger partial charge >= 0.3 is 0 Å². The summed E-state index contributed by atoms with van der Waals surface area (Å²) in [5.74, 6) is -0.302. The maximum absolute atomic E-state index is 12.3. The van der Waals surface area contributed by atoms with Gasteiger partial charge in [0.2, 0.25) is 11.8 Å². The number of hydrogen-bond donors (Lipinski definition) is 1. The van der Waals surface area contributed by atoms with Crippen LogP contribution in [0.2, 0.25) is 0 Å². The van der Waals surface area contributed by atoms with Crippen LogP contribution in [0.3, 0.4) is 0 Å². The van der Waals surface area contributed by atoms with Gasteiger partial charge in [0, 0.05) is 38.0 Å². The Labute approximate surface area is 140 Å². The number of amides is 2. The van der Waals surface area contributed by atoms with Gasteiger partial charge in [-0.3, -0.25) is 9.59 Å². The zero-order valence-electron chi connectivity index (χ0n) is 13.8. The van der Waals surface area contributed by atoms with Gasteiger partial charge in [0.15, 0.2) is 0 Å². The predicted molar refractivity (Wildman–Crippen MR) is 89.8 cm³/mol. The van der Waals surface area contributed by atoms with Crippen molar-refractivity contribution in [1.29, 1.82) is 0 Å². The molecule has 6 nitrogen and oxygen atoms in total. The van der Waals surface area contributed by atoms with Crippen molar-refractivity contribution in [1.82, 2.24) is 20.2 Å². The third-order valence-electron chi connectivity index (χ3n) is 4.38. The number of hydrogen-bond acceptors (Lipinski definition) is 4. The van der Waals surface area contributed by atoms with Gasteiger partial charge in [-0.2, -0.15) is 0 Å². The first kappa shape index (κ1) is 16.1. The fourth-order valence-electron chi connectivity index (χ4n) is 2.87. The van der Waals surface area contributed by atoms with Crippen molar-refractivity contribution in [2.75, 3.05) is 13.6 Å². The molecule has 0 saturated carbocycles. The molecule has 1 saturated heterocycles. The van der Waals surface area contributed by atoms with E-state index in [2.05, 4.69) is 15.3 Å². The van der Waals surface area contributed by atoms with E-state index in [1.54, 1.807) is 24.3 Å². The van der Waals surface area contributed by atoms with Crippen molar-refractivity contribution in [2.24, 2.45) is 5.92 Å². The number of nitrogens with zero attached hydrogens (tertiary/aromatic N) is 3. The Balaban J connectivity index is 1.64. The van der Waals surface area contributed by atoms with Gasteiger partial charge in [-0.25, -0.2) is 9.97 Å². The highest BCUT2D eigenvalue weighted by atomic mass is 16.2. The molecule has 3 rings (SSSR count). The maximum Gasteiger partial charge on any atom is 0.225 e. The van der Waals surface area contributed by atoms with Crippen LogP contribution >= 0.6 is 0 Å². The largest absolute Gasteiger partial charge is 0.349 e. The molecule has 0 spiro atoms. The Hall–Kier alpha value is -2.76. The number of aromatic nitrogens is 2. The first-order chi connectivity index (χ1) is 11.5. The molecule has 0 bridgehead atoms. The number of benzene rings is 1. The van der Waals surface area contributed by atoms with Crippen molar-refractivity contribution in [2.45, 2.75) is 19.4 Å². The second-order valence-corrected chi connectivity index (χ2v) is 6.15. The molecule has 2 unspecified atom stereocenters. The Morgan fingerprint density at radius 2 is 1.88 bits per heavy atom. The van der Waals surface area contributed by atoms with Crippen LogP contribution < -0.4 is 5.32 Å². The second-order valence-electron chi connectivity index (χ2n) is 6.15. The molecule has 2 aromatic rings. The van der Waals surface area contributed by atoms with E-state index in [-0.39, 0.29) is 23.8 Å². The highest BCUT2D eigenvalue weighted by Crippen LogP contribution is 2.22. The highest BCUT2D eigenvalue weighted by Gasteiger charge is 2.32. The molecular weight excluding hydrogens is 304 g/mol. The van der Waals surface area contributed by atoms with E-state index in [4.69, 9.17) is 0 Å². The molecule has 1 N–H and O–H groups in total. The summed E-state index contributed by atoms with van der Waals surface area (Å²) in [5.41, 5.74) is 3.00. The molecule has 2 atom stereocenters. The molecule has 124 valence electrons. The lowest BCUT2D eigenvalue weighted by atomic mass is 10.0. The lowest BCUT2D eigenvalue weighted by Crippen LogP contribution is -2.34. The fraction of sp³-hybridized carbons (Fsp3) is 0.333. The normalized spacial score (nSPS) is 18.5. The summed E-state index contributed by atoms with van der Waals surface area (Å²) in [5, 5.41) is 3.00. The SMILES string of the molecule is CC(NC(=O)C1CC(=O)N(C)C1)c1ccc(-c2cncnc2)cc1.